The molecule has 1 fully saturated rings. The maximum absolute atomic E-state index is 6.26. The van der Waals surface area contributed by atoms with Gasteiger partial charge >= 0.3 is 0 Å². The Bertz CT molecular complexity index is 738. The van der Waals surface area contributed by atoms with E-state index >= 15 is 0 Å². The van der Waals surface area contributed by atoms with Gasteiger partial charge in [0.25, 0.3) is 0 Å². The average Bonchev–Trinajstić information content (AvgIpc) is 3.15. The fourth-order valence-corrected chi connectivity index (χ4v) is 3.90. The molecule has 1 saturated heterocycles. The van der Waals surface area contributed by atoms with Crippen LogP contribution in [0.15, 0.2) is 42.5 Å². The van der Waals surface area contributed by atoms with Crippen molar-refractivity contribution in [1.29, 1.82) is 0 Å². The predicted molar refractivity (Wildman–Crippen MR) is 111 cm³/mol. The summed E-state index contributed by atoms with van der Waals surface area (Å²) in [6, 6.07) is 14.4. The quantitative estimate of drug-likeness (QED) is 0.685. The van der Waals surface area contributed by atoms with Crippen molar-refractivity contribution in [2.24, 2.45) is 0 Å². The van der Waals surface area contributed by atoms with Crippen LogP contribution in [0.1, 0.15) is 30.9 Å². The molecule has 2 aromatic carbocycles. The first-order valence-electron chi connectivity index (χ1n) is 9.69. The summed E-state index contributed by atoms with van der Waals surface area (Å²) in [7, 11) is 1.67. The Hall–Kier alpha value is -1.75. The van der Waals surface area contributed by atoms with Gasteiger partial charge in [-0.3, -0.25) is 4.90 Å². The van der Waals surface area contributed by atoms with E-state index in [9.17, 15) is 0 Å². The number of likely N-dealkylation sites (tertiary alicyclic amines) is 1. The van der Waals surface area contributed by atoms with Crippen LogP contribution in [-0.4, -0.2) is 37.7 Å². The van der Waals surface area contributed by atoms with E-state index in [1.807, 2.05) is 36.4 Å². The van der Waals surface area contributed by atoms with Gasteiger partial charge in [0, 0.05) is 35.3 Å². The van der Waals surface area contributed by atoms with Gasteiger partial charge < -0.3 is 14.8 Å². The highest BCUT2D eigenvalue weighted by Crippen LogP contribution is 2.32. The predicted octanol–water partition coefficient (Wildman–Crippen LogP) is 4.50. The molecule has 2 aromatic rings. The van der Waals surface area contributed by atoms with Gasteiger partial charge in [-0.15, -0.1) is 0 Å². The van der Waals surface area contributed by atoms with E-state index in [4.69, 9.17) is 21.1 Å². The smallest absolute Gasteiger partial charge is 0.166 e. The average molecular weight is 389 g/mol. The first-order valence-corrected chi connectivity index (χ1v) is 10.1. The van der Waals surface area contributed by atoms with Crippen molar-refractivity contribution < 1.29 is 9.47 Å². The molecular formula is C22H29ClN2O2. The Morgan fingerprint density at radius 3 is 2.74 bits per heavy atom. The number of benzene rings is 2. The molecule has 0 aromatic heterocycles. The first-order chi connectivity index (χ1) is 13.2. The van der Waals surface area contributed by atoms with Crippen LogP contribution in [0.2, 0.25) is 5.02 Å². The summed E-state index contributed by atoms with van der Waals surface area (Å²) in [4.78, 5) is 2.55. The third-order valence-corrected chi connectivity index (χ3v) is 5.58. The van der Waals surface area contributed by atoms with E-state index < -0.39 is 0 Å². The number of nitrogens with zero attached hydrogens (tertiary/aromatic N) is 1. The van der Waals surface area contributed by atoms with E-state index in [1.165, 1.54) is 19.4 Å². The molecule has 4 nitrogen and oxygen atoms in total. The number of hydrogen-bond donors (Lipinski definition) is 1. The van der Waals surface area contributed by atoms with Crippen LogP contribution in [0, 0.1) is 0 Å². The zero-order valence-corrected chi connectivity index (χ0v) is 17.0. The van der Waals surface area contributed by atoms with Gasteiger partial charge in [-0.25, -0.2) is 0 Å². The fourth-order valence-electron chi connectivity index (χ4n) is 3.71. The maximum atomic E-state index is 6.26. The van der Waals surface area contributed by atoms with Crippen molar-refractivity contribution in [2.75, 3.05) is 26.7 Å². The lowest BCUT2D eigenvalue weighted by molar-refractivity contribution is 0.258. The number of likely N-dealkylation sites (N-methyl/N-ethyl adjacent to an activating group) is 1. The molecule has 27 heavy (non-hydrogen) atoms. The van der Waals surface area contributed by atoms with Gasteiger partial charge in [0.15, 0.2) is 11.5 Å². The monoisotopic (exact) mass is 388 g/mol. The number of rotatable bonds is 9. The van der Waals surface area contributed by atoms with Crippen LogP contribution in [0.3, 0.4) is 0 Å². The molecule has 3 rings (SSSR count). The number of nitrogens with one attached hydrogen (secondary N) is 1. The molecular weight excluding hydrogens is 360 g/mol. The first kappa shape index (κ1) is 20.0. The van der Waals surface area contributed by atoms with Crippen LogP contribution in [-0.2, 0) is 13.2 Å². The molecule has 146 valence electrons. The van der Waals surface area contributed by atoms with Crippen LogP contribution >= 0.6 is 11.6 Å². The lowest BCUT2D eigenvalue weighted by Crippen LogP contribution is -2.37. The molecule has 1 N–H and O–H groups in total. The third-order valence-electron chi connectivity index (χ3n) is 5.21. The van der Waals surface area contributed by atoms with E-state index in [2.05, 4.69) is 23.2 Å². The second-order valence-corrected chi connectivity index (χ2v) is 7.29. The van der Waals surface area contributed by atoms with Crippen LogP contribution in [0.25, 0.3) is 0 Å². The van der Waals surface area contributed by atoms with E-state index in [0.717, 1.165) is 42.3 Å². The molecule has 1 unspecified atom stereocenters. The van der Waals surface area contributed by atoms with Gasteiger partial charge in [0.1, 0.15) is 6.61 Å². The summed E-state index contributed by atoms with van der Waals surface area (Å²) >= 11 is 6.26. The Morgan fingerprint density at radius 1 is 1.15 bits per heavy atom. The van der Waals surface area contributed by atoms with Crippen LogP contribution < -0.4 is 14.8 Å². The van der Waals surface area contributed by atoms with E-state index in [0.29, 0.717) is 17.7 Å². The van der Waals surface area contributed by atoms with Gasteiger partial charge in [-0.2, -0.15) is 0 Å². The number of ether oxygens (including phenoxy) is 2. The zero-order chi connectivity index (χ0) is 19.1. The second kappa shape index (κ2) is 9.98. The van der Waals surface area contributed by atoms with Crippen molar-refractivity contribution in [3.63, 3.8) is 0 Å². The Labute approximate surface area is 167 Å². The molecule has 1 heterocycles. The minimum atomic E-state index is 0.416. The minimum absolute atomic E-state index is 0.416. The highest BCUT2D eigenvalue weighted by molar-refractivity contribution is 6.31. The molecule has 1 aliphatic heterocycles. The molecule has 0 saturated carbocycles. The molecule has 0 bridgehead atoms. The van der Waals surface area contributed by atoms with Gasteiger partial charge in [-0.1, -0.05) is 48.9 Å². The number of hydrogen-bond acceptors (Lipinski definition) is 4. The third kappa shape index (κ3) is 5.16. The zero-order valence-electron chi connectivity index (χ0n) is 16.2. The summed E-state index contributed by atoms with van der Waals surface area (Å²) in [6.45, 7) is 6.74. The van der Waals surface area contributed by atoms with E-state index in [-0.39, 0.29) is 0 Å². The molecule has 1 aliphatic rings. The largest absolute Gasteiger partial charge is 0.493 e. The SMILES string of the molecule is CCN1CCCC1CNCc1cccc(OC)c1OCc1ccccc1Cl. The summed E-state index contributed by atoms with van der Waals surface area (Å²) in [5.74, 6) is 1.53. The van der Waals surface area contributed by atoms with E-state index in [1.54, 1.807) is 7.11 Å². The Morgan fingerprint density at radius 2 is 1.96 bits per heavy atom. The summed E-state index contributed by atoms with van der Waals surface area (Å²) in [5.41, 5.74) is 2.07. The van der Waals surface area contributed by atoms with Crippen molar-refractivity contribution in [3.05, 3.63) is 58.6 Å². The maximum Gasteiger partial charge on any atom is 0.166 e. The molecule has 5 heteroatoms. The summed E-state index contributed by atoms with van der Waals surface area (Å²) < 4.78 is 11.7. The normalized spacial score (nSPS) is 17.2. The number of methoxy groups -OCH3 is 1. The van der Waals surface area contributed by atoms with Crippen molar-refractivity contribution in [2.45, 2.75) is 39.0 Å². The molecule has 0 radical (unpaired) electrons. The highest BCUT2D eigenvalue weighted by Gasteiger charge is 2.22. The molecule has 0 spiro atoms. The second-order valence-electron chi connectivity index (χ2n) is 6.88. The number of halogens is 1. The lowest BCUT2D eigenvalue weighted by Gasteiger charge is -2.23. The fraction of sp³-hybridized carbons (Fsp3) is 0.455. The number of para-hydroxylation sites is 1. The standard InChI is InChI=1S/C22H29ClN2O2/c1-3-25-13-7-10-19(25)15-24-14-17-9-6-12-21(26-2)22(17)27-16-18-8-4-5-11-20(18)23/h4-6,8-9,11-12,19,24H,3,7,10,13-16H2,1-2H3. The molecule has 0 amide bonds. The summed E-state index contributed by atoms with van der Waals surface area (Å²) in [5, 5.41) is 4.32. The molecule has 0 aliphatic carbocycles. The molecule has 1 atom stereocenters. The summed E-state index contributed by atoms with van der Waals surface area (Å²) in [6.07, 6.45) is 2.57. The van der Waals surface area contributed by atoms with Crippen molar-refractivity contribution in [1.82, 2.24) is 10.2 Å². The highest BCUT2D eigenvalue weighted by atomic mass is 35.5. The van der Waals surface area contributed by atoms with Gasteiger partial charge in [-0.05, 0) is 38.1 Å². The lowest BCUT2D eigenvalue weighted by atomic mass is 10.1. The minimum Gasteiger partial charge on any atom is -0.493 e. The van der Waals surface area contributed by atoms with Crippen molar-refractivity contribution in [3.8, 4) is 11.5 Å². The topological polar surface area (TPSA) is 33.7 Å². The van der Waals surface area contributed by atoms with Crippen LogP contribution in [0.5, 0.6) is 11.5 Å². The van der Waals surface area contributed by atoms with Crippen molar-refractivity contribution >= 4 is 11.6 Å². The Balaban J connectivity index is 1.65. The van der Waals surface area contributed by atoms with Crippen LogP contribution in [0.4, 0.5) is 0 Å². The Kier molecular flexibility index (Phi) is 7.39. The van der Waals surface area contributed by atoms with Gasteiger partial charge in [0.05, 0.1) is 7.11 Å². The van der Waals surface area contributed by atoms with Gasteiger partial charge in [0.2, 0.25) is 0 Å².